The first kappa shape index (κ1) is 24.1. The second-order valence-corrected chi connectivity index (χ2v) is 10.2. The lowest BCUT2D eigenvalue weighted by atomic mass is 9.96. The number of amides is 2. The Bertz CT molecular complexity index is 1390. The standard InChI is InChI=1S/C28H29N5O2S/c1-19-3-2-4-21(15-19)18-36-28-31-24-9-12-30-16-25(24)33(28)17-20-5-7-23(8-6-20)27(35)32-13-10-22(11-14-32)26(29)34/h2-9,12,15-16,22H,10-11,13-14,17-18H2,1H3,(H2,29,34). The minimum absolute atomic E-state index is 0.00356. The molecule has 2 N–H and O–H groups in total. The number of thioether (sulfide) groups is 1. The number of aryl methyl sites for hydroxylation is 1. The molecular formula is C28H29N5O2S. The van der Waals surface area contributed by atoms with E-state index in [9.17, 15) is 9.59 Å². The molecule has 4 aromatic rings. The van der Waals surface area contributed by atoms with E-state index in [4.69, 9.17) is 10.7 Å². The first-order chi connectivity index (χ1) is 17.5. The highest BCUT2D eigenvalue weighted by molar-refractivity contribution is 7.98. The van der Waals surface area contributed by atoms with Crippen LogP contribution in [-0.4, -0.2) is 44.3 Å². The van der Waals surface area contributed by atoms with E-state index in [0.717, 1.165) is 27.5 Å². The van der Waals surface area contributed by atoms with Gasteiger partial charge in [-0.3, -0.25) is 14.6 Å². The molecule has 1 aliphatic heterocycles. The zero-order valence-electron chi connectivity index (χ0n) is 20.3. The lowest BCUT2D eigenvalue weighted by Gasteiger charge is -2.30. The third-order valence-electron chi connectivity index (χ3n) is 6.69. The highest BCUT2D eigenvalue weighted by atomic mass is 32.2. The van der Waals surface area contributed by atoms with Gasteiger partial charge in [0.05, 0.1) is 23.8 Å². The van der Waals surface area contributed by atoms with E-state index in [1.165, 1.54) is 11.1 Å². The minimum atomic E-state index is -0.273. The Balaban J connectivity index is 1.31. The number of pyridine rings is 1. The highest BCUT2D eigenvalue weighted by Gasteiger charge is 2.26. The normalized spacial score (nSPS) is 14.3. The van der Waals surface area contributed by atoms with Crippen molar-refractivity contribution in [3.05, 3.63) is 89.2 Å². The molecule has 184 valence electrons. The van der Waals surface area contributed by atoms with E-state index in [0.29, 0.717) is 38.0 Å². The molecule has 1 aliphatic rings. The lowest BCUT2D eigenvalue weighted by molar-refractivity contribution is -0.123. The molecular weight excluding hydrogens is 470 g/mol. The van der Waals surface area contributed by atoms with Crippen molar-refractivity contribution in [1.29, 1.82) is 0 Å². The van der Waals surface area contributed by atoms with Crippen molar-refractivity contribution in [3.63, 3.8) is 0 Å². The van der Waals surface area contributed by atoms with Crippen molar-refractivity contribution in [2.75, 3.05) is 13.1 Å². The Kier molecular flexibility index (Phi) is 7.04. The SMILES string of the molecule is Cc1cccc(CSc2nc3ccncc3n2Cc2ccc(C(=O)N3CCC(C(N)=O)CC3)cc2)c1. The number of nitrogens with two attached hydrogens (primary N) is 1. The first-order valence-electron chi connectivity index (χ1n) is 12.1. The summed E-state index contributed by atoms with van der Waals surface area (Å²) in [7, 11) is 0. The average Bonchev–Trinajstić information content (AvgIpc) is 3.25. The van der Waals surface area contributed by atoms with Gasteiger partial charge >= 0.3 is 0 Å². The van der Waals surface area contributed by atoms with Crippen LogP contribution in [0.4, 0.5) is 0 Å². The van der Waals surface area contributed by atoms with E-state index >= 15 is 0 Å². The summed E-state index contributed by atoms with van der Waals surface area (Å²) in [6, 6.07) is 18.2. The fraction of sp³-hybridized carbons (Fsp3) is 0.286. The maximum atomic E-state index is 13.0. The monoisotopic (exact) mass is 499 g/mol. The number of hydrogen-bond donors (Lipinski definition) is 1. The molecule has 0 spiro atoms. The third kappa shape index (κ3) is 5.28. The number of primary amides is 1. The number of carbonyl (C=O) groups excluding carboxylic acids is 2. The molecule has 2 aromatic heterocycles. The summed E-state index contributed by atoms with van der Waals surface area (Å²) in [6.07, 6.45) is 4.88. The number of benzene rings is 2. The second kappa shape index (κ2) is 10.5. The molecule has 0 aliphatic carbocycles. The Morgan fingerprint density at radius 2 is 1.83 bits per heavy atom. The van der Waals surface area contributed by atoms with Gasteiger partial charge in [0.25, 0.3) is 5.91 Å². The zero-order valence-corrected chi connectivity index (χ0v) is 21.1. The molecule has 0 bridgehead atoms. The van der Waals surface area contributed by atoms with Crippen LogP contribution in [0.25, 0.3) is 11.0 Å². The van der Waals surface area contributed by atoms with Gasteiger partial charge in [0.2, 0.25) is 5.91 Å². The molecule has 1 saturated heterocycles. The Labute approximate surface area is 214 Å². The summed E-state index contributed by atoms with van der Waals surface area (Å²) in [5.41, 5.74) is 11.6. The summed E-state index contributed by atoms with van der Waals surface area (Å²) in [4.78, 5) is 35.4. The Morgan fingerprint density at radius 3 is 2.56 bits per heavy atom. The molecule has 1 fully saturated rings. The van der Waals surface area contributed by atoms with Crippen molar-refractivity contribution in [1.82, 2.24) is 19.4 Å². The lowest BCUT2D eigenvalue weighted by Crippen LogP contribution is -2.41. The van der Waals surface area contributed by atoms with E-state index in [1.807, 2.05) is 41.4 Å². The number of nitrogens with zero attached hydrogens (tertiary/aromatic N) is 4. The van der Waals surface area contributed by atoms with Gasteiger partial charge in [-0.1, -0.05) is 53.7 Å². The molecule has 7 nitrogen and oxygen atoms in total. The van der Waals surface area contributed by atoms with Crippen molar-refractivity contribution >= 4 is 34.6 Å². The van der Waals surface area contributed by atoms with Crippen LogP contribution in [0.2, 0.25) is 0 Å². The van der Waals surface area contributed by atoms with Gasteiger partial charge in [-0.15, -0.1) is 0 Å². The molecule has 2 amide bonds. The van der Waals surface area contributed by atoms with Crippen molar-refractivity contribution < 1.29 is 9.59 Å². The second-order valence-electron chi connectivity index (χ2n) is 9.29. The summed E-state index contributed by atoms with van der Waals surface area (Å²) in [5.74, 6) is 0.424. The number of likely N-dealkylation sites (tertiary alicyclic amines) is 1. The zero-order chi connectivity index (χ0) is 25.1. The maximum Gasteiger partial charge on any atom is 0.253 e. The van der Waals surface area contributed by atoms with Crippen LogP contribution < -0.4 is 5.73 Å². The number of carbonyl (C=O) groups is 2. The molecule has 0 atom stereocenters. The summed E-state index contributed by atoms with van der Waals surface area (Å²) in [5, 5.41) is 0.942. The van der Waals surface area contributed by atoms with E-state index < -0.39 is 0 Å². The quantitative estimate of drug-likeness (QED) is 0.380. The molecule has 36 heavy (non-hydrogen) atoms. The Hall–Kier alpha value is -3.65. The van der Waals surface area contributed by atoms with Crippen LogP contribution in [0.1, 0.15) is 39.9 Å². The van der Waals surface area contributed by atoms with Crippen LogP contribution in [0.5, 0.6) is 0 Å². The van der Waals surface area contributed by atoms with Gasteiger partial charge in [-0.05, 0) is 49.1 Å². The van der Waals surface area contributed by atoms with E-state index in [1.54, 1.807) is 18.0 Å². The summed E-state index contributed by atoms with van der Waals surface area (Å²) >= 11 is 1.71. The molecule has 0 saturated carbocycles. The van der Waals surface area contributed by atoms with Gasteiger partial charge < -0.3 is 15.2 Å². The predicted molar refractivity (Wildman–Crippen MR) is 142 cm³/mol. The summed E-state index contributed by atoms with van der Waals surface area (Å²) in [6.45, 7) is 3.86. The fourth-order valence-corrected chi connectivity index (χ4v) is 5.60. The van der Waals surface area contributed by atoms with Crippen LogP contribution in [0.3, 0.4) is 0 Å². The number of imidazole rings is 1. The molecule has 3 heterocycles. The van der Waals surface area contributed by atoms with Crippen LogP contribution in [-0.2, 0) is 17.1 Å². The van der Waals surface area contributed by atoms with Gasteiger partial charge in [-0.25, -0.2) is 4.98 Å². The topological polar surface area (TPSA) is 94.1 Å². The van der Waals surface area contributed by atoms with Crippen molar-refractivity contribution in [2.45, 2.75) is 37.2 Å². The van der Waals surface area contributed by atoms with Gasteiger partial charge in [-0.2, -0.15) is 0 Å². The van der Waals surface area contributed by atoms with Gasteiger partial charge in [0.1, 0.15) is 0 Å². The third-order valence-corrected chi connectivity index (χ3v) is 7.74. The van der Waals surface area contributed by atoms with Gasteiger partial charge in [0, 0.05) is 36.5 Å². The minimum Gasteiger partial charge on any atom is -0.369 e. The Morgan fingerprint density at radius 1 is 1.06 bits per heavy atom. The van der Waals surface area contributed by atoms with Crippen LogP contribution in [0.15, 0.2) is 72.1 Å². The number of aromatic nitrogens is 3. The molecule has 0 unspecified atom stereocenters. The average molecular weight is 500 g/mol. The van der Waals surface area contributed by atoms with E-state index in [2.05, 4.69) is 40.7 Å². The van der Waals surface area contributed by atoms with E-state index in [-0.39, 0.29) is 17.7 Å². The molecule has 8 heteroatoms. The largest absolute Gasteiger partial charge is 0.369 e. The van der Waals surface area contributed by atoms with Crippen molar-refractivity contribution in [3.8, 4) is 0 Å². The molecule has 2 aromatic carbocycles. The van der Waals surface area contributed by atoms with Crippen LogP contribution in [0, 0.1) is 12.8 Å². The van der Waals surface area contributed by atoms with Crippen molar-refractivity contribution in [2.24, 2.45) is 11.7 Å². The summed E-state index contributed by atoms with van der Waals surface area (Å²) < 4.78 is 2.19. The number of hydrogen-bond acceptors (Lipinski definition) is 5. The maximum absolute atomic E-state index is 13.0. The highest BCUT2D eigenvalue weighted by Crippen LogP contribution is 2.28. The smallest absolute Gasteiger partial charge is 0.253 e. The molecule has 5 rings (SSSR count). The number of rotatable bonds is 7. The predicted octanol–water partition coefficient (Wildman–Crippen LogP) is 4.42. The fourth-order valence-electron chi connectivity index (χ4n) is 4.65. The number of fused-ring (bicyclic) bond motifs is 1. The molecule has 0 radical (unpaired) electrons. The van der Waals surface area contributed by atoms with Gasteiger partial charge in [0.15, 0.2) is 5.16 Å². The first-order valence-corrected chi connectivity index (χ1v) is 13.1. The van der Waals surface area contributed by atoms with Crippen LogP contribution >= 0.6 is 11.8 Å². The number of piperidine rings is 1.